The first kappa shape index (κ1) is 17.5. The van der Waals surface area contributed by atoms with Crippen molar-refractivity contribution in [1.29, 1.82) is 0 Å². The van der Waals surface area contributed by atoms with E-state index in [-0.39, 0.29) is 23.9 Å². The molecule has 0 saturated heterocycles. The summed E-state index contributed by atoms with van der Waals surface area (Å²) in [5, 5.41) is 10.6. The van der Waals surface area contributed by atoms with Gasteiger partial charge in [0, 0.05) is 37.3 Å². The second kappa shape index (κ2) is 8.66. The van der Waals surface area contributed by atoms with Crippen molar-refractivity contribution in [1.82, 2.24) is 16.0 Å². The predicted molar refractivity (Wildman–Crippen MR) is 84.7 cm³/mol. The highest BCUT2D eigenvalue weighted by Gasteiger charge is 2.07. The standard InChI is InChI=1S/C15H22N4O3/c1-10(2)18-14(21)12-4-6-13(7-5-12)19-15(22)17-9-8-16-11(3)20/h4-7,10H,8-9H2,1-3H3,(H,16,20)(H,18,21)(H2,17,19,22). The number of carbonyl (C=O) groups is 3. The molecule has 7 nitrogen and oxygen atoms in total. The van der Waals surface area contributed by atoms with Crippen LogP contribution in [0.15, 0.2) is 24.3 Å². The molecule has 0 spiro atoms. The van der Waals surface area contributed by atoms with E-state index in [0.29, 0.717) is 24.3 Å². The summed E-state index contributed by atoms with van der Waals surface area (Å²) in [6.45, 7) is 5.90. The van der Waals surface area contributed by atoms with E-state index in [9.17, 15) is 14.4 Å². The van der Waals surface area contributed by atoms with E-state index >= 15 is 0 Å². The molecule has 0 bridgehead atoms. The molecular weight excluding hydrogens is 284 g/mol. The molecule has 1 rings (SSSR count). The molecule has 1 aromatic rings. The molecule has 1 aromatic carbocycles. The molecule has 0 heterocycles. The Kier molecular flexibility index (Phi) is 6.88. The Bertz CT molecular complexity index is 526. The van der Waals surface area contributed by atoms with E-state index in [1.165, 1.54) is 6.92 Å². The van der Waals surface area contributed by atoms with Gasteiger partial charge in [-0.3, -0.25) is 9.59 Å². The normalized spacial score (nSPS) is 10.0. The Morgan fingerprint density at radius 1 is 1.00 bits per heavy atom. The second-order valence-electron chi connectivity index (χ2n) is 5.07. The lowest BCUT2D eigenvalue weighted by Gasteiger charge is -2.10. The van der Waals surface area contributed by atoms with Crippen LogP contribution >= 0.6 is 0 Å². The minimum atomic E-state index is -0.371. The van der Waals surface area contributed by atoms with E-state index in [4.69, 9.17) is 0 Å². The van der Waals surface area contributed by atoms with Gasteiger partial charge in [-0.2, -0.15) is 0 Å². The van der Waals surface area contributed by atoms with Crippen molar-refractivity contribution in [2.75, 3.05) is 18.4 Å². The minimum Gasteiger partial charge on any atom is -0.355 e. The first-order chi connectivity index (χ1) is 10.4. The maximum atomic E-state index is 11.8. The molecule has 0 aliphatic rings. The molecule has 0 aliphatic heterocycles. The lowest BCUT2D eigenvalue weighted by atomic mass is 10.2. The van der Waals surface area contributed by atoms with Crippen LogP contribution in [0.3, 0.4) is 0 Å². The lowest BCUT2D eigenvalue weighted by Crippen LogP contribution is -2.36. The first-order valence-electron chi connectivity index (χ1n) is 7.08. The SMILES string of the molecule is CC(=O)NCCNC(=O)Nc1ccc(C(=O)NC(C)C)cc1. The summed E-state index contributed by atoms with van der Waals surface area (Å²) in [4.78, 5) is 34.0. The van der Waals surface area contributed by atoms with Crippen molar-refractivity contribution in [3.8, 4) is 0 Å². The van der Waals surface area contributed by atoms with Crippen molar-refractivity contribution in [3.63, 3.8) is 0 Å². The zero-order valence-electron chi connectivity index (χ0n) is 13.0. The quantitative estimate of drug-likeness (QED) is 0.592. The van der Waals surface area contributed by atoms with E-state index in [0.717, 1.165) is 0 Å². The zero-order valence-corrected chi connectivity index (χ0v) is 13.0. The summed E-state index contributed by atoms with van der Waals surface area (Å²) in [7, 11) is 0. The van der Waals surface area contributed by atoms with E-state index in [2.05, 4.69) is 21.3 Å². The van der Waals surface area contributed by atoms with Crippen molar-refractivity contribution in [2.24, 2.45) is 0 Å². The molecule has 0 saturated carbocycles. The van der Waals surface area contributed by atoms with Crippen molar-refractivity contribution in [2.45, 2.75) is 26.8 Å². The Hall–Kier alpha value is -2.57. The molecule has 22 heavy (non-hydrogen) atoms. The monoisotopic (exact) mass is 306 g/mol. The van der Waals surface area contributed by atoms with Gasteiger partial charge in [0.05, 0.1) is 0 Å². The third kappa shape index (κ3) is 6.74. The van der Waals surface area contributed by atoms with Gasteiger partial charge in [0.1, 0.15) is 0 Å². The van der Waals surface area contributed by atoms with Gasteiger partial charge in [0.2, 0.25) is 5.91 Å². The number of amides is 4. The van der Waals surface area contributed by atoms with Gasteiger partial charge < -0.3 is 21.3 Å². The zero-order chi connectivity index (χ0) is 16.5. The summed E-state index contributed by atoms with van der Waals surface area (Å²) in [5.41, 5.74) is 1.11. The van der Waals surface area contributed by atoms with Gasteiger partial charge in [-0.05, 0) is 38.1 Å². The minimum absolute atomic E-state index is 0.0692. The van der Waals surface area contributed by atoms with Crippen LogP contribution in [0.1, 0.15) is 31.1 Å². The molecule has 0 aliphatic carbocycles. The second-order valence-corrected chi connectivity index (χ2v) is 5.07. The fourth-order valence-electron chi connectivity index (χ4n) is 1.64. The van der Waals surface area contributed by atoms with Crippen LogP contribution in [-0.2, 0) is 4.79 Å². The maximum Gasteiger partial charge on any atom is 0.319 e. The first-order valence-corrected chi connectivity index (χ1v) is 7.08. The Balaban J connectivity index is 2.42. The molecule has 120 valence electrons. The molecule has 4 N–H and O–H groups in total. The van der Waals surface area contributed by atoms with Crippen molar-refractivity contribution >= 4 is 23.5 Å². The van der Waals surface area contributed by atoms with Crippen molar-refractivity contribution in [3.05, 3.63) is 29.8 Å². The number of carbonyl (C=O) groups excluding carboxylic acids is 3. The highest BCUT2D eigenvalue weighted by molar-refractivity contribution is 5.95. The summed E-state index contributed by atoms with van der Waals surface area (Å²) in [6, 6.07) is 6.30. The van der Waals surface area contributed by atoms with Gasteiger partial charge in [0.25, 0.3) is 5.91 Å². The highest BCUT2D eigenvalue weighted by Crippen LogP contribution is 2.09. The summed E-state index contributed by atoms with van der Waals surface area (Å²) in [6.07, 6.45) is 0. The number of hydrogen-bond donors (Lipinski definition) is 4. The molecule has 7 heteroatoms. The Morgan fingerprint density at radius 3 is 2.14 bits per heavy atom. The van der Waals surface area contributed by atoms with Crippen LogP contribution in [0.4, 0.5) is 10.5 Å². The predicted octanol–water partition coefficient (Wildman–Crippen LogP) is 1.08. The number of rotatable bonds is 6. The largest absolute Gasteiger partial charge is 0.355 e. The fourth-order valence-corrected chi connectivity index (χ4v) is 1.64. The van der Waals surface area contributed by atoms with Crippen LogP contribution in [0.2, 0.25) is 0 Å². The van der Waals surface area contributed by atoms with Gasteiger partial charge in [-0.25, -0.2) is 4.79 Å². The van der Waals surface area contributed by atoms with Crippen LogP contribution in [0.5, 0.6) is 0 Å². The lowest BCUT2D eigenvalue weighted by molar-refractivity contribution is -0.118. The fraction of sp³-hybridized carbons (Fsp3) is 0.400. The number of hydrogen-bond acceptors (Lipinski definition) is 3. The molecule has 4 amide bonds. The number of anilines is 1. The van der Waals surface area contributed by atoms with Crippen LogP contribution < -0.4 is 21.3 Å². The van der Waals surface area contributed by atoms with Crippen LogP contribution in [0, 0.1) is 0 Å². The smallest absolute Gasteiger partial charge is 0.319 e. The topological polar surface area (TPSA) is 99.3 Å². The maximum absolute atomic E-state index is 11.8. The van der Waals surface area contributed by atoms with Crippen molar-refractivity contribution < 1.29 is 14.4 Å². The van der Waals surface area contributed by atoms with E-state index in [1.807, 2.05) is 13.8 Å². The molecule has 0 atom stereocenters. The highest BCUT2D eigenvalue weighted by atomic mass is 16.2. The number of benzene rings is 1. The van der Waals surface area contributed by atoms with Crippen LogP contribution in [-0.4, -0.2) is 37.0 Å². The van der Waals surface area contributed by atoms with E-state index < -0.39 is 0 Å². The van der Waals surface area contributed by atoms with Gasteiger partial charge in [-0.1, -0.05) is 0 Å². The third-order valence-electron chi connectivity index (χ3n) is 2.61. The third-order valence-corrected chi connectivity index (χ3v) is 2.61. The Morgan fingerprint density at radius 2 is 1.59 bits per heavy atom. The molecule has 0 radical (unpaired) electrons. The van der Waals surface area contributed by atoms with Gasteiger partial charge >= 0.3 is 6.03 Å². The molecule has 0 aromatic heterocycles. The van der Waals surface area contributed by atoms with Crippen LogP contribution in [0.25, 0.3) is 0 Å². The Labute approximate surface area is 129 Å². The summed E-state index contributed by atoms with van der Waals surface area (Å²) in [5.74, 6) is -0.293. The molecule has 0 unspecified atom stereocenters. The summed E-state index contributed by atoms with van der Waals surface area (Å²) < 4.78 is 0. The summed E-state index contributed by atoms with van der Waals surface area (Å²) >= 11 is 0. The number of urea groups is 1. The average Bonchev–Trinajstić information content (AvgIpc) is 2.43. The van der Waals surface area contributed by atoms with Gasteiger partial charge in [0.15, 0.2) is 0 Å². The molecular formula is C15H22N4O3. The van der Waals surface area contributed by atoms with E-state index in [1.54, 1.807) is 24.3 Å². The molecule has 0 fully saturated rings. The number of nitrogens with one attached hydrogen (secondary N) is 4. The van der Waals surface area contributed by atoms with Gasteiger partial charge in [-0.15, -0.1) is 0 Å². The average molecular weight is 306 g/mol.